The third-order valence-electron chi connectivity index (χ3n) is 10.8. The molecule has 6 aromatic rings. The van der Waals surface area contributed by atoms with E-state index >= 15 is 0 Å². The molecule has 3 aliphatic rings. The molecule has 0 spiro atoms. The smallest absolute Gasteiger partial charge is 0.508 e. The number of phenols is 2. The summed E-state index contributed by atoms with van der Waals surface area (Å²) in [6.07, 6.45) is 11.2. The molecule has 79 heavy (non-hydrogen) atoms. The van der Waals surface area contributed by atoms with Crippen molar-refractivity contribution in [1.29, 1.82) is 0 Å². The van der Waals surface area contributed by atoms with Crippen LogP contribution in [-0.4, -0.2) is 85.0 Å². The summed E-state index contributed by atoms with van der Waals surface area (Å²) in [4.78, 5) is 36.1. The zero-order valence-corrected chi connectivity index (χ0v) is 51.1. The van der Waals surface area contributed by atoms with Gasteiger partial charge in [-0.15, -0.1) is 0 Å². The van der Waals surface area contributed by atoms with Crippen LogP contribution in [0.1, 0.15) is 95.0 Å². The second-order valence-corrected chi connectivity index (χ2v) is 25.8. The zero-order valence-electron chi connectivity index (χ0n) is 43.4. The number of carbonyl (C=O) groups excluding carboxylic acids is 3. The predicted octanol–water partition coefficient (Wildman–Crippen LogP) is 17.9. The number of hydrogen-bond acceptors (Lipinski definition) is 12. The van der Waals surface area contributed by atoms with Gasteiger partial charge in [-0.25, -0.2) is 30.1 Å². The Morgan fingerprint density at radius 1 is 0.544 bits per heavy atom. The topological polar surface area (TPSA) is 156 Å². The molecule has 3 aliphatic heterocycles. The number of hydrogen-bond donors (Lipinski definition) is 2. The lowest BCUT2D eigenvalue weighted by Gasteiger charge is -2.26. The molecule has 12 nitrogen and oxygen atoms in total. The lowest BCUT2D eigenvalue weighted by atomic mass is 10.0. The van der Waals surface area contributed by atoms with Crippen LogP contribution in [0.5, 0.6) is 34.5 Å². The molecule has 2 saturated heterocycles. The van der Waals surface area contributed by atoms with Gasteiger partial charge in [0.25, 0.3) is 5.24 Å². The van der Waals surface area contributed by atoms with Gasteiger partial charge < -0.3 is 43.4 Å². The number of methoxy groups -OCH3 is 2. The quantitative estimate of drug-likeness (QED) is 0.0720. The molecule has 2 unspecified atom stereocenters. The molecule has 9 rings (SSSR count). The predicted molar refractivity (Wildman–Crippen MR) is 319 cm³/mol. The lowest BCUT2D eigenvalue weighted by molar-refractivity contribution is -0.109. The summed E-state index contributed by atoms with van der Waals surface area (Å²) in [5.74, 6) is 1.46. The van der Waals surface area contributed by atoms with Crippen LogP contribution in [0.2, 0.25) is 30.1 Å². The number of halogens is 10. The molecule has 0 amide bonds. The fourth-order valence-corrected chi connectivity index (χ4v) is 8.30. The SMILES string of the molecule is C1=COCCC1.COc1cccc(OC)c1.O=C(Cl)c1cc(Cl)ccc1Cl.O=C(c1cc(Cl)ccc1Cl)c1ccc(OC2CCCCO2)cc1OC1CCCCO1.O=C(c1ccc(O)cc1O)c1cc(Cl)ccc1Cl.[Cl][Al]([Cl])[Cl].[H+]. The number of ketones is 2. The van der Waals surface area contributed by atoms with E-state index < -0.39 is 28.7 Å². The van der Waals surface area contributed by atoms with Crippen molar-refractivity contribution in [2.75, 3.05) is 34.0 Å². The molecule has 0 aromatic heterocycles. The summed E-state index contributed by atoms with van der Waals surface area (Å²) in [5, 5.41) is 20.4. The molecule has 0 aliphatic carbocycles. The van der Waals surface area contributed by atoms with Gasteiger partial charge in [0.05, 0.1) is 72.1 Å². The minimum atomic E-state index is -1.72. The Morgan fingerprint density at radius 2 is 1.04 bits per heavy atom. The Bertz CT molecular complexity index is 2910. The first-order chi connectivity index (χ1) is 37.8. The number of allylic oxidation sites excluding steroid dienone is 1. The fraction of sp³-hybridized carbons (Fsp3) is 0.268. The highest BCUT2D eigenvalue weighted by molar-refractivity contribution is 7.54. The second-order valence-electron chi connectivity index (χ2n) is 16.5. The molecule has 0 radical (unpaired) electrons. The second kappa shape index (κ2) is 36.5. The highest BCUT2D eigenvalue weighted by atomic mass is 35.8. The van der Waals surface area contributed by atoms with Crippen molar-refractivity contribution >= 4 is 140 Å². The molecule has 3 heterocycles. The Hall–Kier alpha value is -3.98. The first kappa shape index (κ1) is 67.5. The third-order valence-corrected chi connectivity index (χ3v) is 12.7. The van der Waals surface area contributed by atoms with Gasteiger partial charge in [-0.2, -0.15) is 0 Å². The maximum Gasteiger partial charge on any atom is 1.00 e. The Morgan fingerprint density at radius 3 is 1.46 bits per heavy atom. The van der Waals surface area contributed by atoms with E-state index in [2.05, 4.69) is 0 Å². The number of aromatic hydroxyl groups is 2. The largest absolute Gasteiger partial charge is 1.00 e. The van der Waals surface area contributed by atoms with E-state index in [0.29, 0.717) is 61.0 Å². The van der Waals surface area contributed by atoms with Crippen molar-refractivity contribution in [2.24, 2.45) is 0 Å². The van der Waals surface area contributed by atoms with Gasteiger partial charge in [-0.3, -0.25) is 14.4 Å². The van der Waals surface area contributed by atoms with E-state index in [9.17, 15) is 24.6 Å². The van der Waals surface area contributed by atoms with Crippen LogP contribution >= 0.6 is 111 Å². The van der Waals surface area contributed by atoms with Crippen LogP contribution in [0.25, 0.3) is 0 Å². The Balaban J connectivity index is 0.000000285. The van der Waals surface area contributed by atoms with Crippen LogP contribution in [0.15, 0.2) is 128 Å². The van der Waals surface area contributed by atoms with Gasteiger partial charge >= 0.3 is 12.8 Å². The van der Waals surface area contributed by atoms with Gasteiger partial charge in [0.15, 0.2) is 24.1 Å². The van der Waals surface area contributed by atoms with E-state index in [1.807, 2.05) is 30.3 Å². The molecule has 0 saturated carbocycles. The molecule has 2 N–H and O–H groups in total. The summed E-state index contributed by atoms with van der Waals surface area (Å²) >= 11 is 38.7. The monoisotopic (exact) mass is 1300 g/mol. The summed E-state index contributed by atoms with van der Waals surface area (Å²) < 4.78 is 38.3. The molecule has 422 valence electrons. The maximum atomic E-state index is 13.3. The molecule has 6 aromatic carbocycles. The summed E-state index contributed by atoms with van der Waals surface area (Å²) in [5.41, 5.74) is 1.19. The van der Waals surface area contributed by atoms with Crippen LogP contribution in [-0.2, 0) is 14.2 Å². The van der Waals surface area contributed by atoms with Crippen LogP contribution in [0.4, 0.5) is 0 Å². The van der Waals surface area contributed by atoms with E-state index in [1.54, 1.807) is 69.0 Å². The summed E-state index contributed by atoms with van der Waals surface area (Å²) in [6.45, 7) is 2.24. The minimum absolute atomic E-state index is 0. The van der Waals surface area contributed by atoms with Crippen LogP contribution in [0.3, 0.4) is 0 Å². The zero-order chi connectivity index (χ0) is 57.9. The first-order valence-electron chi connectivity index (χ1n) is 24.0. The van der Waals surface area contributed by atoms with Crippen molar-refractivity contribution in [3.63, 3.8) is 0 Å². The van der Waals surface area contributed by atoms with Crippen LogP contribution in [0, 0.1) is 0 Å². The van der Waals surface area contributed by atoms with E-state index in [1.165, 1.54) is 49.2 Å². The molecule has 23 heteroatoms. The minimum Gasteiger partial charge on any atom is -0.508 e. The lowest BCUT2D eigenvalue weighted by Crippen LogP contribution is -2.26. The number of phenolic OH excluding ortho intramolecular Hbond substituents is 2. The van der Waals surface area contributed by atoms with Gasteiger partial charge in [-0.1, -0.05) is 75.7 Å². The molecule has 2 fully saturated rings. The van der Waals surface area contributed by atoms with E-state index in [0.717, 1.165) is 62.7 Å². The van der Waals surface area contributed by atoms with Gasteiger partial charge in [0.1, 0.15) is 34.5 Å². The molecular formula is C56H54AlCl10O12+. The van der Waals surface area contributed by atoms with Crippen molar-refractivity contribution in [3.05, 3.63) is 186 Å². The normalized spacial score (nSPS) is 15.0. The van der Waals surface area contributed by atoms with Crippen molar-refractivity contribution in [3.8, 4) is 34.5 Å². The standard InChI is InChI=1S/C23H24Cl2O5.C13H8Cl2O3.C8H10O2.C7H3Cl3O.C5H8O.Al.3ClH/c24-15-7-10-19(25)18(13-15)23(26)17-9-8-16(29-21-5-1-3-11-27-21)14-20(17)30-22-6-2-4-12-28-22;14-7-1-4-11(15)10(5-7)13(18)9-3-2-8(16)6-12(9)17;1-9-7-4-3-5-8(6-7)10-2;8-4-1-2-6(9)5(3-4)7(10)11;1-2-4-6-5-3-1;;;;/h7-10,13-14,21-22H,1-6,11-12H2;1-6,16-17H;3-6H,1-2H3;1-3H;2,4H,1,3,5H2;;3*1H/q;;;;;+3;;;/p-2. The van der Waals surface area contributed by atoms with E-state index in [-0.39, 0.29) is 46.7 Å². The summed E-state index contributed by atoms with van der Waals surface area (Å²) in [6, 6.07) is 30.2. The van der Waals surface area contributed by atoms with Gasteiger partial charge in [0, 0.05) is 57.2 Å². The first-order valence-corrected chi connectivity index (χ1v) is 31.9. The number of benzene rings is 6. The highest BCUT2D eigenvalue weighted by Crippen LogP contribution is 2.34. The Labute approximate surface area is 512 Å². The maximum absolute atomic E-state index is 13.3. The Kier molecular flexibility index (Phi) is 31.2. The van der Waals surface area contributed by atoms with Crippen molar-refractivity contribution in [1.82, 2.24) is 0 Å². The molecule has 0 bridgehead atoms. The number of ether oxygens (including phenoxy) is 7. The molecule has 2 atom stereocenters. The van der Waals surface area contributed by atoms with Crippen LogP contribution < -0.4 is 18.9 Å². The van der Waals surface area contributed by atoms with E-state index in [4.69, 9.17) is 145 Å². The highest BCUT2D eigenvalue weighted by Gasteiger charge is 2.24. The summed E-state index contributed by atoms with van der Waals surface area (Å²) in [7, 11) is 18.1. The molecular weight excluding hydrogens is 1250 g/mol. The fourth-order valence-electron chi connectivity index (χ4n) is 6.97. The third kappa shape index (κ3) is 24.6. The average Bonchev–Trinajstić information content (AvgIpc) is 3.44. The number of rotatable bonds is 11. The van der Waals surface area contributed by atoms with Gasteiger partial charge in [0.2, 0.25) is 0 Å². The van der Waals surface area contributed by atoms with Crippen molar-refractivity contribution in [2.45, 2.75) is 63.9 Å². The average molecular weight is 1300 g/mol. The number of carbonyl (C=O) groups is 3. The van der Waals surface area contributed by atoms with Gasteiger partial charge in [-0.05, 0) is 147 Å². The van der Waals surface area contributed by atoms with Crippen molar-refractivity contribution < 1.29 is 59.2 Å².